The molecule has 1 atom stereocenters. The minimum absolute atomic E-state index is 0.0980. The van der Waals surface area contributed by atoms with Crippen LogP contribution in [0, 0.1) is 0 Å². The molecule has 0 aliphatic carbocycles. The van der Waals surface area contributed by atoms with Crippen LogP contribution in [0.15, 0.2) is 79.9 Å². The van der Waals surface area contributed by atoms with E-state index in [0.29, 0.717) is 12.1 Å². The monoisotopic (exact) mass is 372 g/mol. The molecule has 0 bridgehead atoms. The highest BCUT2D eigenvalue weighted by atomic mass is 16.1. The van der Waals surface area contributed by atoms with Gasteiger partial charge in [-0.1, -0.05) is 24.3 Å². The van der Waals surface area contributed by atoms with Crippen molar-refractivity contribution in [3.8, 4) is 5.69 Å². The number of rotatable bonds is 6. The maximum atomic E-state index is 12.6. The van der Waals surface area contributed by atoms with Crippen LogP contribution in [0.25, 0.3) is 5.69 Å². The minimum Gasteiger partial charge on any atom is -0.346 e. The number of aromatic nitrogens is 5. The Kier molecular flexibility index (Phi) is 4.97. The highest BCUT2D eigenvalue weighted by molar-refractivity contribution is 5.94. The molecule has 0 saturated carbocycles. The fourth-order valence-electron chi connectivity index (χ4n) is 2.97. The first-order valence-corrected chi connectivity index (χ1v) is 8.99. The van der Waals surface area contributed by atoms with Gasteiger partial charge in [0.2, 0.25) is 0 Å². The lowest BCUT2D eigenvalue weighted by atomic mass is 10.1. The van der Waals surface area contributed by atoms with Gasteiger partial charge in [0, 0.05) is 23.6 Å². The predicted octanol–water partition coefficient (Wildman–Crippen LogP) is 3.00. The quantitative estimate of drug-likeness (QED) is 0.564. The maximum Gasteiger partial charge on any atom is 0.251 e. The van der Waals surface area contributed by atoms with E-state index >= 15 is 0 Å². The van der Waals surface area contributed by atoms with E-state index in [9.17, 15) is 4.79 Å². The smallest absolute Gasteiger partial charge is 0.251 e. The third-order valence-electron chi connectivity index (χ3n) is 4.57. The number of amides is 1. The van der Waals surface area contributed by atoms with Crippen molar-refractivity contribution in [3.05, 3.63) is 96.6 Å². The average molecular weight is 372 g/mol. The number of nitrogens with zero attached hydrogens (tertiary/aromatic N) is 5. The number of carbonyl (C=O) groups is 1. The van der Waals surface area contributed by atoms with Gasteiger partial charge in [-0.2, -0.15) is 5.10 Å². The summed E-state index contributed by atoms with van der Waals surface area (Å²) in [6, 6.07) is 15.5. The van der Waals surface area contributed by atoms with E-state index in [0.717, 1.165) is 16.8 Å². The summed E-state index contributed by atoms with van der Waals surface area (Å²) in [5.41, 5.74) is 3.76. The number of benzene rings is 2. The Labute approximate surface area is 162 Å². The van der Waals surface area contributed by atoms with Gasteiger partial charge >= 0.3 is 0 Å². The van der Waals surface area contributed by atoms with Crippen molar-refractivity contribution in [1.29, 1.82) is 0 Å². The van der Waals surface area contributed by atoms with Gasteiger partial charge in [-0.05, 0) is 42.3 Å². The molecule has 2 aromatic carbocycles. The van der Waals surface area contributed by atoms with Crippen LogP contribution >= 0.6 is 0 Å². The van der Waals surface area contributed by atoms with Crippen LogP contribution in [0.5, 0.6) is 0 Å². The normalized spacial score (nSPS) is 11.9. The summed E-state index contributed by atoms with van der Waals surface area (Å²) in [6.45, 7) is 2.60. The largest absolute Gasteiger partial charge is 0.346 e. The number of hydrogen-bond acceptors (Lipinski definition) is 4. The van der Waals surface area contributed by atoms with E-state index in [4.69, 9.17) is 0 Å². The topological polar surface area (TPSA) is 77.6 Å². The molecule has 7 nitrogen and oxygen atoms in total. The van der Waals surface area contributed by atoms with Gasteiger partial charge < -0.3 is 9.88 Å². The summed E-state index contributed by atoms with van der Waals surface area (Å²) in [5, 5.41) is 7.13. The SMILES string of the molecule is C[C@@H](NC(=O)c1ccc(Cn2cncn2)cc1)c1ccc(-n2ccnc2)cc1. The van der Waals surface area contributed by atoms with Gasteiger partial charge in [-0.3, -0.25) is 4.79 Å². The van der Waals surface area contributed by atoms with Crippen LogP contribution in [0.4, 0.5) is 0 Å². The Morgan fingerprint density at radius 1 is 1.04 bits per heavy atom. The van der Waals surface area contributed by atoms with Crippen molar-refractivity contribution in [2.24, 2.45) is 0 Å². The van der Waals surface area contributed by atoms with Gasteiger partial charge in [0.05, 0.1) is 18.9 Å². The number of hydrogen-bond donors (Lipinski definition) is 1. The molecule has 4 rings (SSSR count). The molecule has 0 fully saturated rings. The molecule has 28 heavy (non-hydrogen) atoms. The molecule has 2 heterocycles. The summed E-state index contributed by atoms with van der Waals surface area (Å²) < 4.78 is 3.68. The Hall–Kier alpha value is -3.74. The summed E-state index contributed by atoms with van der Waals surface area (Å²) in [7, 11) is 0. The van der Waals surface area contributed by atoms with Crippen LogP contribution in [0.3, 0.4) is 0 Å². The third-order valence-corrected chi connectivity index (χ3v) is 4.57. The molecular weight excluding hydrogens is 352 g/mol. The molecule has 2 aromatic heterocycles. The van der Waals surface area contributed by atoms with Crippen molar-refractivity contribution < 1.29 is 4.79 Å². The molecule has 1 N–H and O–H groups in total. The first-order chi connectivity index (χ1) is 13.7. The molecule has 0 spiro atoms. The number of imidazole rings is 1. The lowest BCUT2D eigenvalue weighted by Crippen LogP contribution is -2.26. The van der Waals surface area contributed by atoms with Crippen molar-refractivity contribution >= 4 is 5.91 Å². The zero-order valence-electron chi connectivity index (χ0n) is 15.4. The first kappa shape index (κ1) is 17.7. The van der Waals surface area contributed by atoms with E-state index in [2.05, 4.69) is 20.4 Å². The molecule has 0 aliphatic rings. The zero-order chi connectivity index (χ0) is 19.3. The summed E-state index contributed by atoms with van der Waals surface area (Å²) in [5.74, 6) is -0.0986. The van der Waals surface area contributed by atoms with Crippen LogP contribution in [-0.2, 0) is 6.54 Å². The van der Waals surface area contributed by atoms with E-state index in [-0.39, 0.29) is 11.9 Å². The van der Waals surface area contributed by atoms with Crippen molar-refractivity contribution in [1.82, 2.24) is 29.6 Å². The second kappa shape index (κ2) is 7.87. The molecule has 1 amide bonds. The lowest BCUT2D eigenvalue weighted by molar-refractivity contribution is 0.0940. The fraction of sp³-hybridized carbons (Fsp3) is 0.143. The maximum absolute atomic E-state index is 12.6. The van der Waals surface area contributed by atoms with Gasteiger partial charge in [-0.25, -0.2) is 14.6 Å². The molecule has 140 valence electrons. The van der Waals surface area contributed by atoms with Crippen LogP contribution < -0.4 is 5.32 Å². The van der Waals surface area contributed by atoms with Gasteiger partial charge in [-0.15, -0.1) is 0 Å². The highest BCUT2D eigenvalue weighted by Crippen LogP contribution is 2.16. The van der Waals surface area contributed by atoms with Crippen molar-refractivity contribution in [2.45, 2.75) is 19.5 Å². The molecular formula is C21H20N6O. The van der Waals surface area contributed by atoms with E-state index in [1.54, 1.807) is 23.5 Å². The first-order valence-electron chi connectivity index (χ1n) is 8.99. The summed E-state index contributed by atoms with van der Waals surface area (Å²) >= 11 is 0. The van der Waals surface area contributed by atoms with Crippen LogP contribution in [0.1, 0.15) is 34.5 Å². The Bertz CT molecular complexity index is 1020. The van der Waals surface area contributed by atoms with Gasteiger partial charge in [0.15, 0.2) is 0 Å². The fourth-order valence-corrected chi connectivity index (χ4v) is 2.97. The van der Waals surface area contributed by atoms with Gasteiger partial charge in [0.1, 0.15) is 12.7 Å². The molecule has 4 aromatic rings. The van der Waals surface area contributed by atoms with Gasteiger partial charge in [0.25, 0.3) is 5.91 Å². The zero-order valence-corrected chi connectivity index (χ0v) is 15.4. The summed E-state index contributed by atoms with van der Waals surface area (Å²) in [4.78, 5) is 20.5. The predicted molar refractivity (Wildman–Crippen MR) is 105 cm³/mol. The van der Waals surface area contributed by atoms with Crippen molar-refractivity contribution in [3.63, 3.8) is 0 Å². The van der Waals surface area contributed by atoms with E-state index in [1.807, 2.05) is 66.2 Å². The molecule has 0 saturated heterocycles. The lowest BCUT2D eigenvalue weighted by Gasteiger charge is -2.15. The molecule has 0 radical (unpaired) electrons. The highest BCUT2D eigenvalue weighted by Gasteiger charge is 2.12. The van der Waals surface area contributed by atoms with E-state index < -0.39 is 0 Å². The molecule has 0 unspecified atom stereocenters. The number of carbonyl (C=O) groups excluding carboxylic acids is 1. The standard InChI is InChI=1S/C21H20N6O/c1-16(18-6-8-20(9-7-18)26-11-10-22-14-26)25-21(28)19-4-2-17(3-5-19)12-27-15-23-13-24-27/h2-11,13-16H,12H2,1H3,(H,25,28)/t16-/m1/s1. The Balaban J connectivity index is 1.38. The Morgan fingerprint density at radius 3 is 2.46 bits per heavy atom. The third kappa shape index (κ3) is 3.98. The van der Waals surface area contributed by atoms with E-state index in [1.165, 1.54) is 6.33 Å². The second-order valence-electron chi connectivity index (χ2n) is 6.55. The molecule has 7 heteroatoms. The molecule has 0 aliphatic heterocycles. The van der Waals surface area contributed by atoms with Crippen LogP contribution in [-0.4, -0.2) is 30.2 Å². The average Bonchev–Trinajstić information content (AvgIpc) is 3.43. The Morgan fingerprint density at radius 2 is 1.82 bits per heavy atom. The summed E-state index contributed by atoms with van der Waals surface area (Å²) in [6.07, 6.45) is 8.57. The van der Waals surface area contributed by atoms with Crippen LogP contribution in [0.2, 0.25) is 0 Å². The second-order valence-corrected chi connectivity index (χ2v) is 6.55. The minimum atomic E-state index is -0.0986. The van der Waals surface area contributed by atoms with Crippen molar-refractivity contribution in [2.75, 3.05) is 0 Å². The number of nitrogens with one attached hydrogen (secondary N) is 1.